The molecule has 1 rings (SSSR count). The third kappa shape index (κ3) is 4.00. The van der Waals surface area contributed by atoms with Gasteiger partial charge in [0.15, 0.2) is 0 Å². The fourth-order valence-electron chi connectivity index (χ4n) is 1.03. The number of nitrogens with zero attached hydrogens (tertiary/aromatic N) is 2. The van der Waals surface area contributed by atoms with Crippen molar-refractivity contribution >= 4 is 16.7 Å². The van der Waals surface area contributed by atoms with Crippen LogP contribution < -0.4 is 5.32 Å². The Morgan fingerprint density at radius 1 is 1.40 bits per heavy atom. The summed E-state index contributed by atoms with van der Waals surface area (Å²) in [6.07, 6.45) is 5.22. The van der Waals surface area contributed by atoms with Gasteiger partial charge in [-0.2, -0.15) is 4.37 Å². The summed E-state index contributed by atoms with van der Waals surface area (Å²) >= 11 is 1.44. The van der Waals surface area contributed by atoms with Crippen LogP contribution in [0.1, 0.15) is 39.9 Å². The summed E-state index contributed by atoms with van der Waals surface area (Å²) in [4.78, 5) is 4.45. The standard InChI is InChI=1S/C11H19N3S/c1-5-6-7-8-12-10-13-9(14-15-10)11(2,3)4/h5-6H,7-8H2,1-4H3,(H,12,13,14)/b6-5+. The van der Waals surface area contributed by atoms with Crippen molar-refractivity contribution in [2.24, 2.45) is 0 Å². The molecule has 3 nitrogen and oxygen atoms in total. The maximum absolute atomic E-state index is 4.45. The first kappa shape index (κ1) is 12.2. The van der Waals surface area contributed by atoms with E-state index < -0.39 is 0 Å². The molecule has 1 aromatic rings. The Labute approximate surface area is 95.8 Å². The average Bonchev–Trinajstić information content (AvgIpc) is 2.60. The molecular weight excluding hydrogens is 206 g/mol. The van der Waals surface area contributed by atoms with Gasteiger partial charge in [0.05, 0.1) is 0 Å². The number of hydrogen-bond donors (Lipinski definition) is 1. The highest BCUT2D eigenvalue weighted by Crippen LogP contribution is 2.22. The highest BCUT2D eigenvalue weighted by molar-refractivity contribution is 7.09. The summed E-state index contributed by atoms with van der Waals surface area (Å²) in [5, 5.41) is 4.19. The number of rotatable bonds is 4. The van der Waals surface area contributed by atoms with Gasteiger partial charge in [0.25, 0.3) is 0 Å². The molecule has 0 atom stereocenters. The summed E-state index contributed by atoms with van der Waals surface area (Å²) in [5.41, 5.74) is 0.0414. The molecule has 1 N–H and O–H groups in total. The maximum atomic E-state index is 4.45. The first-order valence-electron chi connectivity index (χ1n) is 5.23. The number of aromatic nitrogens is 2. The monoisotopic (exact) mass is 225 g/mol. The van der Waals surface area contributed by atoms with E-state index in [2.05, 4.69) is 47.6 Å². The SMILES string of the molecule is C/C=C/CCNc1nc(C(C)(C)C)ns1. The Bertz CT molecular complexity index is 323. The van der Waals surface area contributed by atoms with Crippen LogP contribution in [0, 0.1) is 0 Å². The molecule has 0 spiro atoms. The zero-order chi connectivity index (χ0) is 11.3. The molecule has 0 fully saturated rings. The van der Waals surface area contributed by atoms with Crippen LogP contribution in [-0.2, 0) is 5.41 Å². The molecule has 0 radical (unpaired) electrons. The van der Waals surface area contributed by atoms with Crippen molar-refractivity contribution < 1.29 is 0 Å². The molecule has 0 saturated carbocycles. The second-order valence-electron chi connectivity index (χ2n) is 4.46. The van der Waals surface area contributed by atoms with Crippen molar-refractivity contribution in [1.82, 2.24) is 9.36 Å². The van der Waals surface area contributed by atoms with E-state index in [1.54, 1.807) is 0 Å². The van der Waals surface area contributed by atoms with Crippen molar-refractivity contribution in [3.05, 3.63) is 18.0 Å². The fraction of sp³-hybridized carbons (Fsp3) is 0.636. The predicted molar refractivity (Wildman–Crippen MR) is 66.5 cm³/mol. The van der Waals surface area contributed by atoms with E-state index in [1.807, 2.05) is 6.92 Å². The molecule has 4 heteroatoms. The smallest absolute Gasteiger partial charge is 0.202 e. The van der Waals surface area contributed by atoms with Gasteiger partial charge >= 0.3 is 0 Å². The van der Waals surface area contributed by atoms with Gasteiger partial charge in [0.2, 0.25) is 5.13 Å². The Balaban J connectivity index is 2.47. The number of anilines is 1. The Morgan fingerprint density at radius 2 is 2.13 bits per heavy atom. The zero-order valence-electron chi connectivity index (χ0n) is 9.87. The van der Waals surface area contributed by atoms with Crippen molar-refractivity contribution in [3.8, 4) is 0 Å². The molecule has 0 aromatic carbocycles. The Morgan fingerprint density at radius 3 is 2.67 bits per heavy atom. The minimum Gasteiger partial charge on any atom is -0.360 e. The lowest BCUT2D eigenvalue weighted by Gasteiger charge is -2.12. The van der Waals surface area contributed by atoms with Crippen LogP contribution in [-0.4, -0.2) is 15.9 Å². The fourth-order valence-corrected chi connectivity index (χ4v) is 1.81. The minimum absolute atomic E-state index is 0.0414. The van der Waals surface area contributed by atoms with E-state index in [4.69, 9.17) is 0 Å². The van der Waals surface area contributed by atoms with Gasteiger partial charge in [0, 0.05) is 23.5 Å². The first-order valence-corrected chi connectivity index (χ1v) is 6.00. The molecular formula is C11H19N3S. The summed E-state index contributed by atoms with van der Waals surface area (Å²) in [6, 6.07) is 0. The molecule has 1 heterocycles. The van der Waals surface area contributed by atoms with E-state index >= 15 is 0 Å². The molecule has 1 aromatic heterocycles. The van der Waals surface area contributed by atoms with Crippen LogP contribution in [0.3, 0.4) is 0 Å². The molecule has 0 saturated heterocycles. The largest absolute Gasteiger partial charge is 0.360 e. The van der Waals surface area contributed by atoms with Gasteiger partial charge in [-0.25, -0.2) is 4.98 Å². The van der Waals surface area contributed by atoms with Crippen molar-refractivity contribution in [3.63, 3.8) is 0 Å². The lowest BCUT2D eigenvalue weighted by molar-refractivity contribution is 0.555. The van der Waals surface area contributed by atoms with Gasteiger partial charge in [0.1, 0.15) is 5.82 Å². The maximum Gasteiger partial charge on any atom is 0.202 e. The first-order chi connectivity index (χ1) is 7.04. The van der Waals surface area contributed by atoms with E-state index in [1.165, 1.54) is 11.5 Å². The Kier molecular flexibility index (Phi) is 4.27. The molecule has 0 aliphatic heterocycles. The normalized spacial score (nSPS) is 12.3. The summed E-state index contributed by atoms with van der Waals surface area (Å²) in [7, 11) is 0. The summed E-state index contributed by atoms with van der Waals surface area (Å²) < 4.78 is 4.34. The van der Waals surface area contributed by atoms with E-state index in [-0.39, 0.29) is 5.41 Å². The van der Waals surface area contributed by atoms with Gasteiger partial charge < -0.3 is 5.32 Å². The van der Waals surface area contributed by atoms with Gasteiger partial charge in [-0.1, -0.05) is 32.9 Å². The second-order valence-corrected chi connectivity index (χ2v) is 5.21. The minimum atomic E-state index is 0.0414. The quantitative estimate of drug-likeness (QED) is 0.631. The lowest BCUT2D eigenvalue weighted by Crippen LogP contribution is -2.13. The number of hydrogen-bond acceptors (Lipinski definition) is 4. The van der Waals surface area contributed by atoms with Crippen molar-refractivity contribution in [2.75, 3.05) is 11.9 Å². The Hall–Kier alpha value is -0.900. The van der Waals surface area contributed by atoms with E-state index in [0.29, 0.717) is 0 Å². The molecule has 15 heavy (non-hydrogen) atoms. The highest BCUT2D eigenvalue weighted by Gasteiger charge is 2.19. The molecule has 0 amide bonds. The highest BCUT2D eigenvalue weighted by atomic mass is 32.1. The molecule has 0 aliphatic carbocycles. The summed E-state index contributed by atoms with van der Waals surface area (Å²) in [5.74, 6) is 0.918. The van der Waals surface area contributed by atoms with E-state index in [0.717, 1.165) is 23.9 Å². The van der Waals surface area contributed by atoms with Crippen molar-refractivity contribution in [2.45, 2.75) is 39.5 Å². The van der Waals surface area contributed by atoms with Crippen LogP contribution in [0.5, 0.6) is 0 Å². The van der Waals surface area contributed by atoms with Gasteiger partial charge in [-0.3, -0.25) is 0 Å². The van der Waals surface area contributed by atoms with Crippen LogP contribution >= 0.6 is 11.5 Å². The number of allylic oxidation sites excluding steroid dienone is 1. The predicted octanol–water partition coefficient (Wildman–Crippen LogP) is 3.21. The molecule has 84 valence electrons. The molecule has 0 bridgehead atoms. The third-order valence-corrected chi connectivity index (χ3v) is 2.59. The van der Waals surface area contributed by atoms with Gasteiger partial charge in [-0.15, -0.1) is 0 Å². The second kappa shape index (κ2) is 5.26. The summed E-state index contributed by atoms with van der Waals surface area (Å²) in [6.45, 7) is 9.32. The van der Waals surface area contributed by atoms with Crippen molar-refractivity contribution in [1.29, 1.82) is 0 Å². The average molecular weight is 225 g/mol. The molecule has 0 aliphatic rings. The van der Waals surface area contributed by atoms with Crippen LogP contribution in [0.4, 0.5) is 5.13 Å². The third-order valence-electron chi connectivity index (χ3n) is 1.92. The zero-order valence-corrected chi connectivity index (χ0v) is 10.7. The van der Waals surface area contributed by atoms with Gasteiger partial charge in [-0.05, 0) is 13.3 Å². The van der Waals surface area contributed by atoms with Crippen LogP contribution in [0.15, 0.2) is 12.2 Å². The number of nitrogens with one attached hydrogen (secondary N) is 1. The van der Waals surface area contributed by atoms with E-state index in [9.17, 15) is 0 Å². The van der Waals surface area contributed by atoms with Crippen LogP contribution in [0.2, 0.25) is 0 Å². The topological polar surface area (TPSA) is 37.8 Å². The van der Waals surface area contributed by atoms with Crippen LogP contribution in [0.25, 0.3) is 0 Å². The lowest BCUT2D eigenvalue weighted by atomic mass is 9.96. The molecule has 0 unspecified atom stereocenters.